The predicted octanol–water partition coefficient (Wildman–Crippen LogP) is 2.20. The minimum atomic E-state index is -0.0389. The van der Waals surface area contributed by atoms with Gasteiger partial charge in [0.2, 0.25) is 0 Å². The molecule has 1 aliphatic rings. The van der Waals surface area contributed by atoms with Crippen LogP contribution in [0, 0.1) is 5.92 Å². The van der Waals surface area contributed by atoms with Crippen LogP contribution >= 0.6 is 0 Å². The summed E-state index contributed by atoms with van der Waals surface area (Å²) in [7, 11) is 0. The minimum absolute atomic E-state index is 0.0389. The van der Waals surface area contributed by atoms with E-state index in [0.717, 1.165) is 25.4 Å². The van der Waals surface area contributed by atoms with Crippen molar-refractivity contribution in [1.82, 2.24) is 10.6 Å². The molecule has 0 bridgehead atoms. The van der Waals surface area contributed by atoms with Crippen LogP contribution in [0.25, 0.3) is 0 Å². The third-order valence-corrected chi connectivity index (χ3v) is 3.42. The summed E-state index contributed by atoms with van der Waals surface area (Å²) in [4.78, 5) is 11.8. The molecule has 1 aliphatic heterocycles. The molecular formula is C16H24N2O2. The molecule has 0 spiro atoms. The quantitative estimate of drug-likeness (QED) is 0.867. The van der Waals surface area contributed by atoms with Crippen LogP contribution < -0.4 is 15.4 Å². The SMILES string of the molecule is CC(C)NC(=O)c1ccc(OCC2CCCNC2)cc1. The van der Waals surface area contributed by atoms with E-state index >= 15 is 0 Å². The van der Waals surface area contributed by atoms with Crippen LogP contribution in [0.15, 0.2) is 24.3 Å². The Morgan fingerprint density at radius 2 is 2.15 bits per heavy atom. The normalized spacial score (nSPS) is 18.9. The first kappa shape index (κ1) is 14.9. The number of amides is 1. The lowest BCUT2D eigenvalue weighted by atomic mass is 10.0. The highest BCUT2D eigenvalue weighted by Gasteiger charge is 2.13. The molecule has 1 heterocycles. The van der Waals surface area contributed by atoms with Crippen molar-refractivity contribution in [2.45, 2.75) is 32.7 Å². The van der Waals surface area contributed by atoms with E-state index in [-0.39, 0.29) is 11.9 Å². The highest BCUT2D eigenvalue weighted by atomic mass is 16.5. The number of benzene rings is 1. The molecule has 2 N–H and O–H groups in total. The smallest absolute Gasteiger partial charge is 0.251 e. The highest BCUT2D eigenvalue weighted by molar-refractivity contribution is 5.94. The summed E-state index contributed by atoms with van der Waals surface area (Å²) in [6.45, 7) is 6.80. The van der Waals surface area contributed by atoms with Gasteiger partial charge in [0.15, 0.2) is 0 Å². The van der Waals surface area contributed by atoms with E-state index in [1.165, 1.54) is 12.8 Å². The lowest BCUT2D eigenvalue weighted by molar-refractivity contribution is 0.0943. The number of carbonyl (C=O) groups excluding carboxylic acids is 1. The van der Waals surface area contributed by atoms with Crippen molar-refractivity contribution in [3.63, 3.8) is 0 Å². The molecule has 2 rings (SSSR count). The zero-order valence-corrected chi connectivity index (χ0v) is 12.3. The van der Waals surface area contributed by atoms with Crippen molar-refractivity contribution in [3.05, 3.63) is 29.8 Å². The van der Waals surface area contributed by atoms with Gasteiger partial charge in [0, 0.05) is 24.1 Å². The predicted molar refractivity (Wildman–Crippen MR) is 80.1 cm³/mol. The summed E-state index contributed by atoms with van der Waals surface area (Å²) < 4.78 is 5.79. The first-order valence-electron chi connectivity index (χ1n) is 7.39. The summed E-state index contributed by atoms with van der Waals surface area (Å²) >= 11 is 0. The Balaban J connectivity index is 1.83. The molecular weight excluding hydrogens is 252 g/mol. The summed E-state index contributed by atoms with van der Waals surface area (Å²) in [6, 6.07) is 7.51. The number of hydrogen-bond acceptors (Lipinski definition) is 3. The Hall–Kier alpha value is -1.55. The van der Waals surface area contributed by atoms with Gasteiger partial charge in [-0.2, -0.15) is 0 Å². The fourth-order valence-corrected chi connectivity index (χ4v) is 2.33. The van der Waals surface area contributed by atoms with Crippen molar-refractivity contribution in [2.75, 3.05) is 19.7 Å². The van der Waals surface area contributed by atoms with Gasteiger partial charge in [-0.25, -0.2) is 0 Å². The number of piperidine rings is 1. The summed E-state index contributed by atoms with van der Waals surface area (Å²) in [5, 5.41) is 6.25. The number of rotatable bonds is 5. The fourth-order valence-electron chi connectivity index (χ4n) is 2.33. The molecule has 1 amide bonds. The van der Waals surface area contributed by atoms with Crippen LogP contribution in [-0.2, 0) is 0 Å². The van der Waals surface area contributed by atoms with E-state index in [1.807, 2.05) is 38.1 Å². The van der Waals surface area contributed by atoms with Crippen LogP contribution in [0.1, 0.15) is 37.0 Å². The van der Waals surface area contributed by atoms with Gasteiger partial charge in [0.25, 0.3) is 5.91 Å². The van der Waals surface area contributed by atoms with Crippen molar-refractivity contribution in [3.8, 4) is 5.75 Å². The fraction of sp³-hybridized carbons (Fsp3) is 0.562. The first-order valence-corrected chi connectivity index (χ1v) is 7.39. The number of ether oxygens (including phenoxy) is 1. The maximum atomic E-state index is 11.8. The lowest BCUT2D eigenvalue weighted by Crippen LogP contribution is -2.33. The van der Waals surface area contributed by atoms with Crippen molar-refractivity contribution in [2.24, 2.45) is 5.92 Å². The van der Waals surface area contributed by atoms with Crippen LogP contribution in [-0.4, -0.2) is 31.6 Å². The second kappa shape index (κ2) is 7.29. The second-order valence-corrected chi connectivity index (χ2v) is 5.68. The monoisotopic (exact) mass is 276 g/mol. The molecule has 1 atom stereocenters. The van der Waals surface area contributed by atoms with E-state index in [0.29, 0.717) is 11.5 Å². The Morgan fingerprint density at radius 3 is 2.75 bits per heavy atom. The van der Waals surface area contributed by atoms with Gasteiger partial charge in [-0.1, -0.05) is 0 Å². The van der Waals surface area contributed by atoms with Gasteiger partial charge in [0.05, 0.1) is 6.61 Å². The summed E-state index contributed by atoms with van der Waals surface area (Å²) in [5.74, 6) is 1.38. The molecule has 1 saturated heterocycles. The molecule has 20 heavy (non-hydrogen) atoms. The van der Waals surface area contributed by atoms with Crippen LogP contribution in [0.2, 0.25) is 0 Å². The van der Waals surface area contributed by atoms with Crippen molar-refractivity contribution in [1.29, 1.82) is 0 Å². The van der Waals surface area contributed by atoms with Crippen LogP contribution in [0.4, 0.5) is 0 Å². The van der Waals surface area contributed by atoms with E-state index in [2.05, 4.69) is 10.6 Å². The van der Waals surface area contributed by atoms with Crippen LogP contribution in [0.3, 0.4) is 0 Å². The van der Waals surface area contributed by atoms with Gasteiger partial charge in [-0.05, 0) is 57.5 Å². The first-order chi connectivity index (χ1) is 9.65. The molecule has 1 fully saturated rings. The Bertz CT molecular complexity index is 423. The minimum Gasteiger partial charge on any atom is -0.493 e. The average molecular weight is 276 g/mol. The van der Waals surface area contributed by atoms with Gasteiger partial charge >= 0.3 is 0 Å². The molecule has 4 nitrogen and oxygen atoms in total. The van der Waals surface area contributed by atoms with Crippen molar-refractivity contribution >= 4 is 5.91 Å². The molecule has 1 aromatic rings. The number of nitrogens with one attached hydrogen (secondary N) is 2. The maximum Gasteiger partial charge on any atom is 0.251 e. The van der Waals surface area contributed by atoms with Gasteiger partial charge in [0.1, 0.15) is 5.75 Å². The van der Waals surface area contributed by atoms with E-state index in [4.69, 9.17) is 4.74 Å². The van der Waals surface area contributed by atoms with Crippen LogP contribution in [0.5, 0.6) is 5.75 Å². The molecule has 0 aromatic heterocycles. The summed E-state index contributed by atoms with van der Waals surface area (Å²) in [6.07, 6.45) is 2.45. The molecule has 4 heteroatoms. The largest absolute Gasteiger partial charge is 0.493 e. The van der Waals surface area contributed by atoms with Gasteiger partial charge < -0.3 is 15.4 Å². The topological polar surface area (TPSA) is 50.4 Å². The highest BCUT2D eigenvalue weighted by Crippen LogP contribution is 2.16. The molecule has 1 aromatic carbocycles. The zero-order valence-electron chi connectivity index (χ0n) is 12.3. The third-order valence-electron chi connectivity index (χ3n) is 3.42. The molecule has 0 radical (unpaired) electrons. The number of carbonyl (C=O) groups is 1. The average Bonchev–Trinajstić information content (AvgIpc) is 2.46. The molecule has 110 valence electrons. The molecule has 0 aliphatic carbocycles. The van der Waals surface area contributed by atoms with Gasteiger partial charge in [-0.3, -0.25) is 4.79 Å². The lowest BCUT2D eigenvalue weighted by Gasteiger charge is -2.22. The van der Waals surface area contributed by atoms with E-state index in [1.54, 1.807) is 0 Å². The Labute approximate surface area is 120 Å². The third kappa shape index (κ3) is 4.53. The second-order valence-electron chi connectivity index (χ2n) is 5.68. The number of hydrogen-bond donors (Lipinski definition) is 2. The molecule has 0 saturated carbocycles. The van der Waals surface area contributed by atoms with Crippen molar-refractivity contribution < 1.29 is 9.53 Å². The maximum absolute atomic E-state index is 11.8. The zero-order chi connectivity index (χ0) is 14.4. The Kier molecular flexibility index (Phi) is 5.41. The van der Waals surface area contributed by atoms with E-state index in [9.17, 15) is 4.79 Å². The molecule has 1 unspecified atom stereocenters. The van der Waals surface area contributed by atoms with Gasteiger partial charge in [-0.15, -0.1) is 0 Å². The summed E-state index contributed by atoms with van der Waals surface area (Å²) in [5.41, 5.74) is 0.672. The van der Waals surface area contributed by atoms with E-state index < -0.39 is 0 Å². The standard InChI is InChI=1S/C16H24N2O2/c1-12(2)18-16(19)14-5-7-15(8-6-14)20-11-13-4-3-9-17-10-13/h5-8,12-13,17H,3-4,9-11H2,1-2H3,(H,18,19). The Morgan fingerprint density at radius 1 is 1.40 bits per heavy atom.